The van der Waals surface area contributed by atoms with E-state index >= 15 is 0 Å². The van der Waals surface area contributed by atoms with Gasteiger partial charge in [0, 0.05) is 15.7 Å². The van der Waals surface area contributed by atoms with Crippen LogP contribution in [0.1, 0.15) is 11.1 Å². The van der Waals surface area contributed by atoms with Gasteiger partial charge >= 0.3 is 0 Å². The zero-order chi connectivity index (χ0) is 11.6. The maximum absolute atomic E-state index is 10.7. The number of phenols is 1. The number of aryl methyl sites for hydroxylation is 2. The van der Waals surface area contributed by atoms with Crippen molar-refractivity contribution in [2.45, 2.75) is 13.3 Å². The molecule has 0 spiro atoms. The van der Waals surface area contributed by atoms with E-state index in [1.54, 1.807) is 6.92 Å². The predicted octanol–water partition coefficient (Wildman–Crippen LogP) is 2.47. The van der Waals surface area contributed by atoms with Crippen LogP contribution in [0.25, 0.3) is 0 Å². The van der Waals surface area contributed by atoms with Crippen LogP contribution in [0, 0.1) is 6.92 Å². The van der Waals surface area contributed by atoms with Crippen molar-refractivity contribution in [1.82, 2.24) is 0 Å². The molecule has 1 aromatic carbocycles. The van der Waals surface area contributed by atoms with E-state index in [1.807, 2.05) is 0 Å². The maximum Gasteiger partial charge on any atom is 0.232 e. The van der Waals surface area contributed by atoms with Crippen molar-refractivity contribution < 1.29 is 13.5 Å². The molecule has 3 nitrogen and oxygen atoms in total. The van der Waals surface area contributed by atoms with E-state index in [-0.39, 0.29) is 17.9 Å². The van der Waals surface area contributed by atoms with Crippen LogP contribution in [0.3, 0.4) is 0 Å². The lowest BCUT2D eigenvalue weighted by Gasteiger charge is -2.06. The average molecular weight is 269 g/mol. The van der Waals surface area contributed by atoms with Gasteiger partial charge in [-0.25, -0.2) is 8.42 Å². The van der Waals surface area contributed by atoms with Crippen molar-refractivity contribution >= 4 is 31.3 Å². The molecule has 84 valence electrons. The third-order valence-electron chi connectivity index (χ3n) is 1.93. The van der Waals surface area contributed by atoms with Gasteiger partial charge in [-0.2, -0.15) is 0 Å². The number of hydrogen-bond donors (Lipinski definition) is 1. The van der Waals surface area contributed by atoms with Gasteiger partial charge in [0.15, 0.2) is 0 Å². The second-order valence-electron chi connectivity index (χ2n) is 3.23. The second-order valence-corrected chi connectivity index (χ2v) is 6.50. The summed E-state index contributed by atoms with van der Waals surface area (Å²) in [6.07, 6.45) is 0.194. The molecule has 15 heavy (non-hydrogen) atoms. The first-order valence-electron chi connectivity index (χ1n) is 4.20. The van der Waals surface area contributed by atoms with E-state index in [0.29, 0.717) is 16.1 Å². The first kappa shape index (κ1) is 12.6. The molecule has 6 heteroatoms. The Hall–Kier alpha value is -0.450. The lowest BCUT2D eigenvalue weighted by Crippen LogP contribution is -2.02. The van der Waals surface area contributed by atoms with Gasteiger partial charge < -0.3 is 5.11 Å². The summed E-state index contributed by atoms with van der Waals surface area (Å²) in [5.41, 5.74) is 1.29. The van der Waals surface area contributed by atoms with Gasteiger partial charge in [0.05, 0.1) is 5.75 Å². The molecular formula is C9H10Cl2O3S. The van der Waals surface area contributed by atoms with E-state index in [4.69, 9.17) is 22.3 Å². The third kappa shape index (κ3) is 3.89. The van der Waals surface area contributed by atoms with Crippen LogP contribution in [-0.4, -0.2) is 19.3 Å². The minimum absolute atomic E-state index is 0.0684. The van der Waals surface area contributed by atoms with Gasteiger partial charge in [-0.15, -0.1) is 0 Å². The summed E-state index contributed by atoms with van der Waals surface area (Å²) < 4.78 is 21.5. The molecule has 0 fully saturated rings. The molecule has 0 saturated heterocycles. The van der Waals surface area contributed by atoms with Gasteiger partial charge in [-0.05, 0) is 36.6 Å². The van der Waals surface area contributed by atoms with Crippen molar-refractivity contribution in [2.24, 2.45) is 0 Å². The second kappa shape index (κ2) is 4.60. The monoisotopic (exact) mass is 268 g/mol. The highest BCUT2D eigenvalue weighted by atomic mass is 35.7. The molecule has 0 saturated carbocycles. The van der Waals surface area contributed by atoms with Crippen molar-refractivity contribution in [3.8, 4) is 5.75 Å². The summed E-state index contributed by atoms with van der Waals surface area (Å²) >= 11 is 5.95. The average Bonchev–Trinajstić information content (AvgIpc) is 2.07. The van der Waals surface area contributed by atoms with Crippen molar-refractivity contribution in [1.29, 1.82) is 0 Å². The first-order chi connectivity index (χ1) is 6.79. The van der Waals surface area contributed by atoms with Crippen LogP contribution in [-0.2, 0) is 15.5 Å². The van der Waals surface area contributed by atoms with Gasteiger partial charge in [0.1, 0.15) is 5.75 Å². The van der Waals surface area contributed by atoms with E-state index in [9.17, 15) is 13.5 Å². The molecular weight excluding hydrogens is 259 g/mol. The molecule has 0 aliphatic carbocycles. The molecule has 1 rings (SSSR count). The van der Waals surface area contributed by atoms with E-state index in [0.717, 1.165) is 0 Å². The zero-order valence-corrected chi connectivity index (χ0v) is 10.3. The molecule has 0 aliphatic rings. The molecule has 0 aliphatic heterocycles. The SMILES string of the molecule is Cc1cc(O)cc(CCS(=O)(=O)Cl)c1Cl. The smallest absolute Gasteiger partial charge is 0.232 e. The van der Waals surface area contributed by atoms with Crippen LogP contribution >= 0.6 is 22.3 Å². The van der Waals surface area contributed by atoms with Crippen LogP contribution in [0.5, 0.6) is 5.75 Å². The number of benzene rings is 1. The number of hydrogen-bond acceptors (Lipinski definition) is 3. The van der Waals surface area contributed by atoms with Gasteiger partial charge in [0.25, 0.3) is 0 Å². The van der Waals surface area contributed by atoms with Gasteiger partial charge in [0.2, 0.25) is 9.05 Å². The van der Waals surface area contributed by atoms with Crippen LogP contribution in [0.15, 0.2) is 12.1 Å². The Morgan fingerprint density at radius 1 is 1.40 bits per heavy atom. The van der Waals surface area contributed by atoms with E-state index in [2.05, 4.69) is 0 Å². The van der Waals surface area contributed by atoms with Gasteiger partial charge in [-0.3, -0.25) is 0 Å². The standard InChI is InChI=1S/C9H10Cl2O3S/c1-6-4-8(12)5-7(9(6)10)2-3-15(11,13)14/h4-5,12H,2-3H2,1H3. The van der Waals surface area contributed by atoms with Crippen LogP contribution in [0.2, 0.25) is 5.02 Å². The number of phenolic OH excluding ortho intramolecular Hbond substituents is 1. The molecule has 1 N–H and O–H groups in total. The Morgan fingerprint density at radius 2 is 2.00 bits per heavy atom. The normalized spacial score (nSPS) is 11.7. The first-order valence-corrected chi connectivity index (χ1v) is 7.05. The van der Waals surface area contributed by atoms with Crippen molar-refractivity contribution in [2.75, 3.05) is 5.75 Å². The Labute approximate surface area is 98.1 Å². The largest absolute Gasteiger partial charge is 0.508 e. The number of rotatable bonds is 3. The third-order valence-corrected chi connectivity index (χ3v) is 3.63. The Bertz CT molecular complexity index is 468. The lowest BCUT2D eigenvalue weighted by atomic mass is 10.1. The van der Waals surface area contributed by atoms with Crippen LogP contribution < -0.4 is 0 Å². The predicted molar refractivity (Wildman–Crippen MR) is 61.2 cm³/mol. The fourth-order valence-electron chi connectivity index (χ4n) is 1.24. The Balaban J connectivity index is 2.95. The summed E-state index contributed by atoms with van der Waals surface area (Å²) in [5, 5.41) is 9.77. The summed E-state index contributed by atoms with van der Waals surface area (Å²) in [6, 6.07) is 2.96. The number of halogens is 2. The molecule has 0 heterocycles. The highest BCUT2D eigenvalue weighted by Crippen LogP contribution is 2.26. The number of aromatic hydroxyl groups is 1. The van der Waals surface area contributed by atoms with Crippen molar-refractivity contribution in [3.05, 3.63) is 28.3 Å². The molecule has 1 aromatic rings. The van der Waals surface area contributed by atoms with E-state index in [1.165, 1.54) is 12.1 Å². The minimum Gasteiger partial charge on any atom is -0.508 e. The van der Waals surface area contributed by atoms with E-state index < -0.39 is 9.05 Å². The zero-order valence-electron chi connectivity index (χ0n) is 8.00. The van der Waals surface area contributed by atoms with Crippen molar-refractivity contribution in [3.63, 3.8) is 0 Å². The van der Waals surface area contributed by atoms with Gasteiger partial charge in [-0.1, -0.05) is 11.6 Å². The topological polar surface area (TPSA) is 54.4 Å². The Morgan fingerprint density at radius 3 is 2.53 bits per heavy atom. The minimum atomic E-state index is -3.53. The lowest BCUT2D eigenvalue weighted by molar-refractivity contribution is 0.474. The molecule has 0 unspecified atom stereocenters. The molecule has 0 bridgehead atoms. The molecule has 0 radical (unpaired) electrons. The fourth-order valence-corrected chi connectivity index (χ4v) is 2.13. The summed E-state index contributed by atoms with van der Waals surface area (Å²) in [6.45, 7) is 1.74. The Kier molecular flexibility index (Phi) is 3.87. The quantitative estimate of drug-likeness (QED) is 0.857. The molecule has 0 aromatic heterocycles. The summed E-state index contributed by atoms with van der Waals surface area (Å²) in [4.78, 5) is 0. The highest BCUT2D eigenvalue weighted by Gasteiger charge is 2.10. The summed E-state index contributed by atoms with van der Waals surface area (Å²) in [5.74, 6) is -0.129. The summed E-state index contributed by atoms with van der Waals surface area (Å²) in [7, 11) is 1.55. The maximum atomic E-state index is 10.7. The van der Waals surface area contributed by atoms with Crippen LogP contribution in [0.4, 0.5) is 0 Å². The molecule has 0 amide bonds. The molecule has 0 atom stereocenters. The fraction of sp³-hybridized carbons (Fsp3) is 0.333. The highest BCUT2D eigenvalue weighted by molar-refractivity contribution is 8.13.